The first-order chi connectivity index (χ1) is 6.79. The zero-order valence-corrected chi connectivity index (χ0v) is 11.0. The smallest absolute Gasteiger partial charge is 0.410 e. The van der Waals surface area contributed by atoms with E-state index in [1.54, 1.807) is 4.90 Å². The highest BCUT2D eigenvalue weighted by Crippen LogP contribution is 2.20. The van der Waals surface area contributed by atoms with E-state index in [2.05, 4.69) is 15.9 Å². The number of alkyl halides is 1. The van der Waals surface area contributed by atoms with Crippen molar-refractivity contribution < 1.29 is 14.6 Å². The Bertz CT molecular complexity index is 239. The van der Waals surface area contributed by atoms with Crippen LogP contribution in [-0.4, -0.2) is 45.7 Å². The Hall–Kier alpha value is -0.290. The maximum atomic E-state index is 11.6. The zero-order valence-electron chi connectivity index (χ0n) is 9.36. The van der Waals surface area contributed by atoms with Gasteiger partial charge in [0, 0.05) is 11.4 Å². The summed E-state index contributed by atoms with van der Waals surface area (Å²) in [5.41, 5.74) is -0.479. The Balaban J connectivity index is 2.48. The molecule has 1 fully saturated rings. The molecule has 4 nitrogen and oxygen atoms in total. The van der Waals surface area contributed by atoms with Gasteiger partial charge in [0.2, 0.25) is 0 Å². The van der Waals surface area contributed by atoms with Crippen LogP contribution in [0.4, 0.5) is 4.79 Å². The number of halogens is 1. The normalized spacial score (nSPS) is 27.7. The fraction of sp³-hybridized carbons (Fsp3) is 0.900. The summed E-state index contributed by atoms with van der Waals surface area (Å²) in [4.78, 5) is 13.3. The van der Waals surface area contributed by atoms with Gasteiger partial charge in [-0.3, -0.25) is 0 Å². The summed E-state index contributed by atoms with van der Waals surface area (Å²) in [5.74, 6) is 0. The third-order valence-electron chi connectivity index (χ3n) is 2.15. The van der Waals surface area contributed by atoms with Gasteiger partial charge in [-0.15, -0.1) is 0 Å². The predicted octanol–water partition coefficient (Wildman–Crippen LogP) is 1.75. The number of carbonyl (C=O) groups excluding carboxylic acids is 1. The van der Waals surface area contributed by atoms with E-state index in [1.165, 1.54) is 0 Å². The van der Waals surface area contributed by atoms with E-state index in [-0.39, 0.29) is 10.9 Å². The molecule has 2 atom stereocenters. The van der Waals surface area contributed by atoms with Crippen LogP contribution in [0, 0.1) is 0 Å². The maximum Gasteiger partial charge on any atom is 0.410 e. The first kappa shape index (κ1) is 12.8. The predicted molar refractivity (Wildman–Crippen MR) is 61.1 cm³/mol. The van der Waals surface area contributed by atoms with Crippen LogP contribution in [0.15, 0.2) is 0 Å². The summed E-state index contributed by atoms with van der Waals surface area (Å²) in [6.45, 7) is 6.46. The molecule has 1 N–H and O–H groups in total. The molecule has 0 radical (unpaired) electrons. The lowest BCUT2D eigenvalue weighted by Crippen LogP contribution is -2.48. The summed E-state index contributed by atoms with van der Waals surface area (Å²) in [5, 5.41) is 9.60. The number of rotatable bonds is 0. The molecule has 0 bridgehead atoms. The minimum atomic E-state index is -0.508. The van der Waals surface area contributed by atoms with E-state index < -0.39 is 11.7 Å². The molecule has 0 unspecified atom stereocenters. The molecule has 0 saturated carbocycles. The second-order valence-corrected chi connectivity index (χ2v) is 5.97. The number of likely N-dealkylation sites (tertiary alicyclic amines) is 1. The van der Waals surface area contributed by atoms with Crippen molar-refractivity contribution in [3.63, 3.8) is 0 Å². The molecule has 1 saturated heterocycles. The number of aliphatic hydroxyl groups excluding tert-OH is 1. The Labute approximate surface area is 98.7 Å². The van der Waals surface area contributed by atoms with E-state index in [0.29, 0.717) is 13.1 Å². The third kappa shape index (κ3) is 3.99. The van der Waals surface area contributed by atoms with Gasteiger partial charge in [-0.2, -0.15) is 0 Å². The fourth-order valence-corrected chi connectivity index (χ4v) is 1.77. The van der Waals surface area contributed by atoms with Crippen LogP contribution in [0.5, 0.6) is 0 Å². The first-order valence-electron chi connectivity index (χ1n) is 5.09. The molecule has 0 spiro atoms. The molecule has 1 heterocycles. The molecule has 15 heavy (non-hydrogen) atoms. The number of aliphatic hydroxyl groups is 1. The molecule has 0 aromatic heterocycles. The second kappa shape index (κ2) is 4.70. The maximum absolute atomic E-state index is 11.6. The number of carbonyl (C=O) groups is 1. The van der Waals surface area contributed by atoms with Crippen molar-refractivity contribution >= 4 is 22.0 Å². The van der Waals surface area contributed by atoms with Crippen LogP contribution in [0.1, 0.15) is 27.2 Å². The minimum Gasteiger partial charge on any atom is -0.444 e. The van der Waals surface area contributed by atoms with Crippen molar-refractivity contribution in [3.8, 4) is 0 Å². The van der Waals surface area contributed by atoms with Crippen molar-refractivity contribution in [2.75, 3.05) is 13.1 Å². The lowest BCUT2D eigenvalue weighted by molar-refractivity contribution is 0.00580. The van der Waals surface area contributed by atoms with Crippen molar-refractivity contribution in [1.82, 2.24) is 4.90 Å². The van der Waals surface area contributed by atoms with Crippen LogP contribution in [-0.2, 0) is 4.74 Å². The summed E-state index contributed by atoms with van der Waals surface area (Å²) < 4.78 is 5.22. The molecular weight excluding hydrogens is 262 g/mol. The quantitative estimate of drug-likeness (QED) is 0.688. The van der Waals surface area contributed by atoms with Crippen LogP contribution in [0.2, 0.25) is 0 Å². The van der Waals surface area contributed by atoms with Gasteiger partial charge in [-0.1, -0.05) is 15.9 Å². The highest BCUT2D eigenvalue weighted by atomic mass is 79.9. The summed E-state index contributed by atoms with van der Waals surface area (Å²) >= 11 is 3.36. The summed E-state index contributed by atoms with van der Waals surface area (Å²) in [6, 6.07) is 0. The number of hydrogen-bond acceptors (Lipinski definition) is 3. The van der Waals surface area contributed by atoms with Gasteiger partial charge < -0.3 is 14.7 Å². The second-order valence-electron chi connectivity index (χ2n) is 4.80. The summed E-state index contributed by atoms with van der Waals surface area (Å²) in [7, 11) is 0. The van der Waals surface area contributed by atoms with Gasteiger partial charge in [0.1, 0.15) is 5.60 Å². The molecular formula is C10H18BrNO3. The van der Waals surface area contributed by atoms with Gasteiger partial charge in [0.05, 0.1) is 12.6 Å². The molecule has 1 aliphatic rings. The molecule has 0 aromatic rings. The van der Waals surface area contributed by atoms with Gasteiger partial charge in [0.25, 0.3) is 0 Å². The topological polar surface area (TPSA) is 49.8 Å². The molecule has 5 heteroatoms. The molecule has 0 aromatic carbocycles. The van der Waals surface area contributed by atoms with Crippen molar-refractivity contribution in [1.29, 1.82) is 0 Å². The number of nitrogens with zero attached hydrogens (tertiary/aromatic N) is 1. The minimum absolute atomic E-state index is 0.0798. The SMILES string of the molecule is CC(C)(C)OC(=O)N1CC[C@@H](Br)[C@H](O)C1. The van der Waals surface area contributed by atoms with Gasteiger partial charge in [0.15, 0.2) is 0 Å². The van der Waals surface area contributed by atoms with Gasteiger partial charge >= 0.3 is 6.09 Å². The van der Waals surface area contributed by atoms with E-state index in [0.717, 1.165) is 6.42 Å². The van der Waals surface area contributed by atoms with Crippen LogP contribution in [0.3, 0.4) is 0 Å². The highest BCUT2D eigenvalue weighted by Gasteiger charge is 2.30. The Morgan fingerprint density at radius 1 is 1.53 bits per heavy atom. The Kier molecular flexibility index (Phi) is 4.00. The fourth-order valence-electron chi connectivity index (χ4n) is 1.40. The molecule has 0 aliphatic carbocycles. The van der Waals surface area contributed by atoms with Crippen molar-refractivity contribution in [2.24, 2.45) is 0 Å². The Morgan fingerprint density at radius 2 is 2.13 bits per heavy atom. The first-order valence-corrected chi connectivity index (χ1v) is 6.01. The van der Waals surface area contributed by atoms with Crippen molar-refractivity contribution in [3.05, 3.63) is 0 Å². The number of amides is 1. The molecule has 1 rings (SSSR count). The van der Waals surface area contributed by atoms with Crippen LogP contribution >= 0.6 is 15.9 Å². The lowest BCUT2D eigenvalue weighted by atomic mass is 10.1. The number of hydrogen-bond donors (Lipinski definition) is 1. The van der Waals surface area contributed by atoms with E-state index in [9.17, 15) is 9.90 Å². The van der Waals surface area contributed by atoms with E-state index >= 15 is 0 Å². The average molecular weight is 280 g/mol. The largest absolute Gasteiger partial charge is 0.444 e. The third-order valence-corrected chi connectivity index (χ3v) is 3.22. The molecule has 1 amide bonds. The van der Waals surface area contributed by atoms with Crippen LogP contribution < -0.4 is 0 Å². The van der Waals surface area contributed by atoms with E-state index in [1.807, 2.05) is 20.8 Å². The Morgan fingerprint density at radius 3 is 2.60 bits per heavy atom. The average Bonchev–Trinajstić information content (AvgIpc) is 2.06. The summed E-state index contributed by atoms with van der Waals surface area (Å²) in [6.07, 6.45) is -0.104. The van der Waals surface area contributed by atoms with Gasteiger partial charge in [-0.05, 0) is 27.2 Å². The van der Waals surface area contributed by atoms with Crippen molar-refractivity contribution in [2.45, 2.75) is 43.7 Å². The monoisotopic (exact) mass is 279 g/mol. The zero-order chi connectivity index (χ0) is 11.6. The number of piperidine rings is 1. The van der Waals surface area contributed by atoms with Gasteiger partial charge in [-0.25, -0.2) is 4.79 Å². The molecule has 88 valence electrons. The van der Waals surface area contributed by atoms with E-state index in [4.69, 9.17) is 4.74 Å². The lowest BCUT2D eigenvalue weighted by Gasteiger charge is -2.34. The highest BCUT2D eigenvalue weighted by molar-refractivity contribution is 9.09. The number of β-amino-alcohol motifs (C(OH)–C–C–N with tert-alkyl or cyclic N) is 1. The number of ether oxygens (including phenoxy) is 1. The molecule has 1 aliphatic heterocycles. The van der Waals surface area contributed by atoms with Crippen LogP contribution in [0.25, 0.3) is 0 Å². The standard InChI is InChI=1S/C10H18BrNO3/c1-10(2,3)15-9(14)12-5-4-7(11)8(13)6-12/h7-8,13H,4-6H2,1-3H3/t7-,8-/m1/s1.